The van der Waals surface area contributed by atoms with Crippen LogP contribution in [0.3, 0.4) is 0 Å². The first kappa shape index (κ1) is 9.51. The van der Waals surface area contributed by atoms with Gasteiger partial charge in [0.25, 0.3) is 6.04 Å². The number of hydrogen-bond acceptors (Lipinski definition) is 0. The van der Waals surface area contributed by atoms with E-state index in [1.165, 1.54) is 25.7 Å². The van der Waals surface area contributed by atoms with Crippen LogP contribution in [0.15, 0.2) is 0 Å². The van der Waals surface area contributed by atoms with Crippen LogP contribution in [0, 0.1) is 12.5 Å². The molecule has 0 spiro atoms. The van der Waals surface area contributed by atoms with Gasteiger partial charge in [-0.1, -0.05) is 25.7 Å². The SMILES string of the molecule is [C-]#[N+]C(CF)C1CCCCCC1. The monoisotopic (exact) mass is 169 g/mol. The van der Waals surface area contributed by atoms with Crippen LogP contribution in [0.1, 0.15) is 38.5 Å². The molecule has 0 aromatic heterocycles. The minimum Gasteiger partial charge on any atom is -0.310 e. The largest absolute Gasteiger partial charge is 0.310 e. The standard InChI is InChI=1S/C10H16FN/c1-12-10(8-11)9-6-4-2-3-5-7-9/h9-10H,2-8H2. The maximum absolute atomic E-state index is 12.4. The Morgan fingerprint density at radius 1 is 1.25 bits per heavy atom. The highest BCUT2D eigenvalue weighted by Crippen LogP contribution is 2.27. The van der Waals surface area contributed by atoms with Gasteiger partial charge in [0.2, 0.25) is 0 Å². The quantitative estimate of drug-likeness (QED) is 0.441. The zero-order valence-electron chi connectivity index (χ0n) is 7.43. The fourth-order valence-corrected chi connectivity index (χ4v) is 1.96. The van der Waals surface area contributed by atoms with E-state index in [2.05, 4.69) is 4.85 Å². The first-order chi connectivity index (χ1) is 5.88. The summed E-state index contributed by atoms with van der Waals surface area (Å²) < 4.78 is 12.4. The molecule has 1 saturated carbocycles. The Morgan fingerprint density at radius 2 is 1.83 bits per heavy atom. The summed E-state index contributed by atoms with van der Waals surface area (Å²) >= 11 is 0. The maximum atomic E-state index is 12.4. The van der Waals surface area contributed by atoms with Crippen LogP contribution in [0.4, 0.5) is 4.39 Å². The molecule has 1 aliphatic carbocycles. The zero-order valence-corrected chi connectivity index (χ0v) is 7.43. The van der Waals surface area contributed by atoms with E-state index in [0.717, 1.165) is 12.8 Å². The second-order valence-electron chi connectivity index (χ2n) is 3.60. The van der Waals surface area contributed by atoms with Crippen molar-refractivity contribution >= 4 is 0 Å². The lowest BCUT2D eigenvalue weighted by Crippen LogP contribution is -2.18. The topological polar surface area (TPSA) is 4.36 Å². The lowest BCUT2D eigenvalue weighted by Gasteiger charge is -2.12. The molecule has 1 rings (SSSR count). The summed E-state index contributed by atoms with van der Waals surface area (Å²) in [5.41, 5.74) is 0. The summed E-state index contributed by atoms with van der Waals surface area (Å²) in [7, 11) is 0. The van der Waals surface area contributed by atoms with E-state index < -0.39 is 6.67 Å². The molecule has 0 amide bonds. The van der Waals surface area contributed by atoms with Crippen LogP contribution in [-0.2, 0) is 0 Å². The molecule has 0 N–H and O–H groups in total. The summed E-state index contributed by atoms with van der Waals surface area (Å²) in [5, 5.41) is 0. The molecule has 0 aromatic carbocycles. The highest BCUT2D eigenvalue weighted by molar-refractivity contribution is 4.86. The summed E-state index contributed by atoms with van der Waals surface area (Å²) in [6.45, 7) is 6.40. The van der Waals surface area contributed by atoms with Crippen molar-refractivity contribution in [2.45, 2.75) is 44.6 Å². The zero-order chi connectivity index (χ0) is 8.81. The second kappa shape index (κ2) is 5.13. The van der Waals surface area contributed by atoms with Gasteiger partial charge in [0, 0.05) is 5.92 Å². The summed E-state index contributed by atoms with van der Waals surface area (Å²) in [4.78, 5) is 3.35. The Bertz CT molecular complexity index is 154. The van der Waals surface area contributed by atoms with E-state index in [0.29, 0.717) is 5.92 Å². The van der Waals surface area contributed by atoms with Crippen molar-refractivity contribution < 1.29 is 4.39 Å². The Balaban J connectivity index is 2.42. The molecule has 1 fully saturated rings. The van der Waals surface area contributed by atoms with Crippen LogP contribution < -0.4 is 0 Å². The van der Waals surface area contributed by atoms with Crippen molar-refractivity contribution in [2.75, 3.05) is 6.67 Å². The molecule has 1 atom stereocenters. The minimum absolute atomic E-state index is 0.343. The second-order valence-corrected chi connectivity index (χ2v) is 3.60. The van der Waals surface area contributed by atoms with Crippen LogP contribution in [0.25, 0.3) is 4.85 Å². The molecule has 2 heteroatoms. The molecule has 0 aromatic rings. The van der Waals surface area contributed by atoms with Gasteiger partial charge >= 0.3 is 0 Å². The highest BCUT2D eigenvalue weighted by atomic mass is 19.1. The lowest BCUT2D eigenvalue weighted by atomic mass is 9.93. The van der Waals surface area contributed by atoms with E-state index in [9.17, 15) is 4.39 Å². The van der Waals surface area contributed by atoms with Crippen LogP contribution in [0.5, 0.6) is 0 Å². The number of halogens is 1. The van der Waals surface area contributed by atoms with E-state index in [4.69, 9.17) is 6.57 Å². The van der Waals surface area contributed by atoms with Crippen LogP contribution in [0.2, 0.25) is 0 Å². The molecule has 1 aliphatic rings. The molecule has 68 valence electrons. The molecule has 0 heterocycles. The maximum Gasteiger partial charge on any atom is 0.254 e. The summed E-state index contributed by atoms with van der Waals surface area (Å²) in [5.74, 6) is 0.343. The molecular formula is C10H16FN. The van der Waals surface area contributed by atoms with Crippen molar-refractivity contribution in [3.63, 3.8) is 0 Å². The van der Waals surface area contributed by atoms with E-state index >= 15 is 0 Å². The van der Waals surface area contributed by atoms with Gasteiger partial charge in [-0.2, -0.15) is 0 Å². The molecule has 0 aliphatic heterocycles. The Hall–Kier alpha value is -0.580. The lowest BCUT2D eigenvalue weighted by molar-refractivity contribution is 0.338. The van der Waals surface area contributed by atoms with Crippen molar-refractivity contribution in [1.82, 2.24) is 0 Å². The number of rotatable bonds is 2. The van der Waals surface area contributed by atoms with Crippen molar-refractivity contribution in [3.8, 4) is 0 Å². The molecule has 1 nitrogen and oxygen atoms in total. The Kier molecular flexibility index (Phi) is 4.07. The molecule has 0 saturated heterocycles. The molecular weight excluding hydrogens is 153 g/mol. The summed E-state index contributed by atoms with van der Waals surface area (Å²) in [6.07, 6.45) is 7.06. The van der Waals surface area contributed by atoms with Crippen molar-refractivity contribution in [3.05, 3.63) is 11.4 Å². The van der Waals surface area contributed by atoms with Gasteiger partial charge in [0.1, 0.15) is 0 Å². The van der Waals surface area contributed by atoms with Gasteiger partial charge < -0.3 is 4.85 Å². The molecule has 12 heavy (non-hydrogen) atoms. The average Bonchev–Trinajstić information content (AvgIpc) is 2.35. The van der Waals surface area contributed by atoms with E-state index in [-0.39, 0.29) is 6.04 Å². The van der Waals surface area contributed by atoms with E-state index in [1.54, 1.807) is 0 Å². The first-order valence-electron chi connectivity index (χ1n) is 4.81. The number of hydrogen-bond donors (Lipinski definition) is 0. The normalized spacial score (nSPS) is 22.7. The van der Waals surface area contributed by atoms with Crippen LogP contribution in [-0.4, -0.2) is 12.7 Å². The van der Waals surface area contributed by atoms with Crippen molar-refractivity contribution in [1.29, 1.82) is 0 Å². The Morgan fingerprint density at radius 3 is 2.25 bits per heavy atom. The third kappa shape index (κ3) is 2.48. The van der Waals surface area contributed by atoms with Crippen LogP contribution >= 0.6 is 0 Å². The smallest absolute Gasteiger partial charge is 0.254 e. The number of alkyl halides is 1. The number of nitrogens with zero attached hydrogens (tertiary/aromatic N) is 1. The average molecular weight is 169 g/mol. The Labute approximate surface area is 73.8 Å². The minimum atomic E-state index is -0.450. The predicted octanol–water partition coefficient (Wildman–Crippen LogP) is 3.21. The summed E-state index contributed by atoms with van der Waals surface area (Å²) in [6, 6.07) is -0.344. The van der Waals surface area contributed by atoms with Gasteiger partial charge in [-0.15, -0.1) is 0 Å². The molecule has 1 unspecified atom stereocenters. The van der Waals surface area contributed by atoms with Crippen molar-refractivity contribution in [2.24, 2.45) is 5.92 Å². The third-order valence-electron chi connectivity index (χ3n) is 2.77. The first-order valence-corrected chi connectivity index (χ1v) is 4.81. The van der Waals surface area contributed by atoms with Gasteiger partial charge in [-0.3, -0.25) is 0 Å². The third-order valence-corrected chi connectivity index (χ3v) is 2.77. The highest BCUT2D eigenvalue weighted by Gasteiger charge is 2.26. The molecule has 0 bridgehead atoms. The fraction of sp³-hybridized carbons (Fsp3) is 0.900. The van der Waals surface area contributed by atoms with Gasteiger partial charge in [-0.05, 0) is 12.8 Å². The van der Waals surface area contributed by atoms with Gasteiger partial charge in [-0.25, -0.2) is 11.0 Å². The van der Waals surface area contributed by atoms with Gasteiger partial charge in [0.15, 0.2) is 6.67 Å². The van der Waals surface area contributed by atoms with Gasteiger partial charge in [0.05, 0.1) is 0 Å². The predicted molar refractivity (Wildman–Crippen MR) is 47.6 cm³/mol. The fourth-order valence-electron chi connectivity index (χ4n) is 1.96. The molecule has 0 radical (unpaired) electrons. The van der Waals surface area contributed by atoms with E-state index in [1.807, 2.05) is 0 Å².